The minimum atomic E-state index is -1.16. The van der Waals surface area contributed by atoms with Crippen LogP contribution in [-0.4, -0.2) is 37.1 Å². The van der Waals surface area contributed by atoms with Gasteiger partial charge in [-0.05, 0) is 45.1 Å². The molecule has 0 saturated heterocycles. The van der Waals surface area contributed by atoms with Crippen molar-refractivity contribution in [3.63, 3.8) is 0 Å². The summed E-state index contributed by atoms with van der Waals surface area (Å²) >= 11 is 0. The lowest BCUT2D eigenvalue weighted by Crippen LogP contribution is -2.56. The van der Waals surface area contributed by atoms with E-state index in [0.29, 0.717) is 11.3 Å². The highest BCUT2D eigenvalue weighted by Crippen LogP contribution is 2.55. The molecule has 1 saturated carbocycles. The van der Waals surface area contributed by atoms with Crippen LogP contribution in [0.2, 0.25) is 0 Å². The first kappa shape index (κ1) is 22.1. The molecule has 1 aliphatic heterocycles. The molecule has 162 valence electrons. The summed E-state index contributed by atoms with van der Waals surface area (Å²) in [6.07, 6.45) is 4.11. The van der Waals surface area contributed by atoms with Gasteiger partial charge in [-0.3, -0.25) is 4.79 Å². The van der Waals surface area contributed by atoms with Crippen LogP contribution in [0.15, 0.2) is 53.9 Å². The van der Waals surface area contributed by atoms with Crippen molar-refractivity contribution in [3.8, 4) is 0 Å². The molecule has 1 aromatic rings. The van der Waals surface area contributed by atoms with Crippen LogP contribution in [0.1, 0.15) is 52.0 Å². The van der Waals surface area contributed by atoms with Gasteiger partial charge in [-0.1, -0.05) is 49.8 Å². The Bertz CT molecular complexity index is 838. The Kier molecular flexibility index (Phi) is 6.69. The van der Waals surface area contributed by atoms with Crippen LogP contribution in [-0.2, 0) is 24.5 Å². The van der Waals surface area contributed by atoms with Gasteiger partial charge >= 0.3 is 11.9 Å². The average molecular weight is 412 g/mol. The summed E-state index contributed by atoms with van der Waals surface area (Å²) < 4.78 is 11.2. The fraction of sp³-hybridized carbons (Fsp3) is 0.520. The average Bonchev–Trinajstić information content (AvgIpc) is 3.27. The summed E-state index contributed by atoms with van der Waals surface area (Å²) in [5.74, 6) is -0.895. The van der Waals surface area contributed by atoms with E-state index in [1.807, 2.05) is 56.1 Å². The number of benzene rings is 1. The molecule has 0 aromatic heterocycles. The van der Waals surface area contributed by atoms with Crippen LogP contribution in [0.5, 0.6) is 0 Å². The van der Waals surface area contributed by atoms with Crippen molar-refractivity contribution in [3.05, 3.63) is 59.4 Å². The van der Waals surface area contributed by atoms with Gasteiger partial charge in [0, 0.05) is 24.4 Å². The molecule has 0 spiro atoms. The number of hydrogen-bond donors (Lipinski definition) is 0. The molecular formula is C25H33NO4. The van der Waals surface area contributed by atoms with Gasteiger partial charge in [0.25, 0.3) is 0 Å². The molecule has 1 aliphatic carbocycles. The van der Waals surface area contributed by atoms with Gasteiger partial charge in [-0.15, -0.1) is 0 Å². The molecule has 3 rings (SSSR count). The maximum atomic E-state index is 13.8. The summed E-state index contributed by atoms with van der Waals surface area (Å²) in [7, 11) is 1.86. The van der Waals surface area contributed by atoms with Crippen molar-refractivity contribution in [2.75, 3.05) is 20.3 Å². The summed E-state index contributed by atoms with van der Waals surface area (Å²) in [5, 5.41) is 0. The van der Waals surface area contributed by atoms with E-state index >= 15 is 0 Å². The molecular weight excluding hydrogens is 378 g/mol. The van der Waals surface area contributed by atoms with Gasteiger partial charge < -0.3 is 14.4 Å². The van der Waals surface area contributed by atoms with Gasteiger partial charge in [0.2, 0.25) is 0 Å². The third-order valence-electron chi connectivity index (χ3n) is 6.72. The van der Waals surface area contributed by atoms with Gasteiger partial charge in [0.1, 0.15) is 5.41 Å². The standard InChI is InChI=1S/C25H33NO4/c1-6-29-23(27)21-17(3)26(5)18(4)25(24(28)30-7-2,20-15-9-8-10-16-20)22(21)19-13-11-12-14-19/h8-10,15-16,19,22H,4,6-7,11-14H2,1-3,5H3/t22-,25+/m1/s1. The highest BCUT2D eigenvalue weighted by molar-refractivity contribution is 5.96. The van der Waals surface area contributed by atoms with Crippen molar-refractivity contribution in [1.82, 2.24) is 4.90 Å². The quantitative estimate of drug-likeness (QED) is 0.641. The fourth-order valence-corrected chi connectivity index (χ4v) is 5.29. The molecule has 0 amide bonds. The number of likely N-dealkylation sites (N-methyl/N-ethyl adjacent to an activating group) is 1. The zero-order chi connectivity index (χ0) is 21.9. The second-order valence-electron chi connectivity index (χ2n) is 8.14. The van der Waals surface area contributed by atoms with E-state index < -0.39 is 5.41 Å². The highest BCUT2D eigenvalue weighted by Gasteiger charge is 2.60. The smallest absolute Gasteiger partial charge is 0.336 e. The van der Waals surface area contributed by atoms with E-state index in [9.17, 15) is 9.59 Å². The van der Waals surface area contributed by atoms with Gasteiger partial charge in [0.05, 0.1) is 18.8 Å². The molecule has 0 N–H and O–H groups in total. The Labute approximate surface area is 179 Å². The molecule has 1 fully saturated rings. The summed E-state index contributed by atoms with van der Waals surface area (Å²) in [5.41, 5.74) is 1.67. The summed E-state index contributed by atoms with van der Waals surface area (Å²) in [6, 6.07) is 9.66. The minimum absolute atomic E-state index is 0.175. The van der Waals surface area contributed by atoms with Crippen LogP contribution in [0.25, 0.3) is 0 Å². The van der Waals surface area contributed by atoms with Gasteiger partial charge in [0.15, 0.2) is 0 Å². The van der Waals surface area contributed by atoms with E-state index in [-0.39, 0.29) is 37.0 Å². The number of esters is 2. The van der Waals surface area contributed by atoms with Crippen LogP contribution in [0.4, 0.5) is 0 Å². The maximum absolute atomic E-state index is 13.8. The van der Waals surface area contributed by atoms with Crippen molar-refractivity contribution < 1.29 is 19.1 Å². The molecule has 0 radical (unpaired) electrons. The largest absolute Gasteiger partial charge is 0.465 e. The van der Waals surface area contributed by atoms with Crippen molar-refractivity contribution in [1.29, 1.82) is 0 Å². The molecule has 2 aliphatic rings. The summed E-state index contributed by atoms with van der Waals surface area (Å²) in [4.78, 5) is 28.9. The number of allylic oxidation sites excluding steroid dienone is 1. The predicted octanol–water partition coefficient (Wildman–Crippen LogP) is 4.59. The van der Waals surface area contributed by atoms with E-state index in [2.05, 4.69) is 6.58 Å². The molecule has 5 nitrogen and oxygen atoms in total. The van der Waals surface area contributed by atoms with E-state index in [1.54, 1.807) is 6.92 Å². The predicted molar refractivity (Wildman–Crippen MR) is 116 cm³/mol. The number of carbonyl (C=O) groups is 2. The van der Waals surface area contributed by atoms with Crippen LogP contribution in [0.3, 0.4) is 0 Å². The Morgan fingerprint density at radius 3 is 2.27 bits per heavy atom. The molecule has 0 unspecified atom stereocenters. The molecule has 1 heterocycles. The normalized spacial score (nSPS) is 24.9. The molecule has 30 heavy (non-hydrogen) atoms. The topological polar surface area (TPSA) is 55.8 Å². The van der Waals surface area contributed by atoms with Crippen molar-refractivity contribution in [2.45, 2.75) is 51.9 Å². The first-order valence-corrected chi connectivity index (χ1v) is 10.9. The minimum Gasteiger partial charge on any atom is -0.465 e. The molecule has 2 atom stereocenters. The maximum Gasteiger partial charge on any atom is 0.336 e. The zero-order valence-electron chi connectivity index (χ0n) is 18.6. The molecule has 1 aromatic carbocycles. The second kappa shape index (κ2) is 9.07. The van der Waals surface area contributed by atoms with Crippen LogP contribution >= 0.6 is 0 Å². The zero-order valence-corrected chi connectivity index (χ0v) is 18.6. The van der Waals surface area contributed by atoms with Crippen LogP contribution in [0, 0.1) is 11.8 Å². The number of carbonyl (C=O) groups excluding carboxylic acids is 2. The first-order chi connectivity index (χ1) is 14.4. The lowest BCUT2D eigenvalue weighted by atomic mass is 9.58. The Balaban J connectivity index is 2.35. The highest BCUT2D eigenvalue weighted by atomic mass is 16.5. The van der Waals surface area contributed by atoms with E-state index in [1.165, 1.54) is 0 Å². The first-order valence-electron chi connectivity index (χ1n) is 10.9. The Morgan fingerprint density at radius 1 is 1.10 bits per heavy atom. The van der Waals surface area contributed by atoms with Gasteiger partial charge in [-0.2, -0.15) is 0 Å². The summed E-state index contributed by atoms with van der Waals surface area (Å²) in [6.45, 7) is 10.5. The Morgan fingerprint density at radius 2 is 1.70 bits per heavy atom. The molecule has 5 heteroatoms. The SMILES string of the molecule is C=C1N(C)C(C)=C(C(=O)OCC)[C@@H](C2CCCC2)[C@@]1(C(=O)OCC)c1ccccc1. The van der Waals surface area contributed by atoms with Crippen molar-refractivity contribution >= 4 is 11.9 Å². The lowest BCUT2D eigenvalue weighted by molar-refractivity contribution is -0.153. The molecule has 0 bridgehead atoms. The van der Waals surface area contributed by atoms with E-state index in [4.69, 9.17) is 9.47 Å². The number of hydrogen-bond acceptors (Lipinski definition) is 5. The van der Waals surface area contributed by atoms with E-state index in [0.717, 1.165) is 36.9 Å². The second-order valence-corrected chi connectivity index (χ2v) is 8.14. The number of rotatable bonds is 6. The number of nitrogens with zero attached hydrogens (tertiary/aromatic N) is 1. The third kappa shape index (κ3) is 3.44. The van der Waals surface area contributed by atoms with Crippen molar-refractivity contribution in [2.24, 2.45) is 11.8 Å². The fourth-order valence-electron chi connectivity index (χ4n) is 5.29. The number of ether oxygens (including phenoxy) is 2. The van der Waals surface area contributed by atoms with Gasteiger partial charge in [-0.25, -0.2) is 4.79 Å². The lowest BCUT2D eigenvalue weighted by Gasteiger charge is -2.50. The monoisotopic (exact) mass is 411 g/mol. The van der Waals surface area contributed by atoms with Crippen LogP contribution < -0.4 is 0 Å². The third-order valence-corrected chi connectivity index (χ3v) is 6.72. The Hall–Kier alpha value is -2.56.